The Kier molecular flexibility index (Phi) is 2.10. The lowest BCUT2D eigenvalue weighted by Crippen LogP contribution is -2.14. The van der Waals surface area contributed by atoms with E-state index in [2.05, 4.69) is 11.7 Å². The molecule has 2 heteroatoms. The molecule has 0 aliphatic heterocycles. The Morgan fingerprint density at radius 1 is 1.60 bits per heavy atom. The summed E-state index contributed by atoms with van der Waals surface area (Å²) >= 11 is 0. The zero-order valence-corrected chi connectivity index (χ0v) is 6.44. The summed E-state index contributed by atoms with van der Waals surface area (Å²) in [6.07, 6.45) is 2.99. The minimum absolute atomic E-state index is 0.136. The van der Waals surface area contributed by atoms with Gasteiger partial charge in [-0.25, -0.2) is 4.79 Å². The van der Waals surface area contributed by atoms with Crippen LogP contribution in [0.3, 0.4) is 0 Å². The fourth-order valence-electron chi connectivity index (χ4n) is 1.19. The van der Waals surface area contributed by atoms with E-state index in [4.69, 9.17) is 0 Å². The Morgan fingerprint density at radius 2 is 2.30 bits per heavy atom. The number of rotatable bonds is 2. The van der Waals surface area contributed by atoms with Crippen LogP contribution in [0.1, 0.15) is 26.2 Å². The lowest BCUT2D eigenvalue weighted by molar-refractivity contribution is -0.136. The van der Waals surface area contributed by atoms with Gasteiger partial charge in [0, 0.05) is 5.57 Å². The number of methoxy groups -OCH3 is 1. The first-order valence-electron chi connectivity index (χ1n) is 3.58. The van der Waals surface area contributed by atoms with Crippen LogP contribution in [0.4, 0.5) is 0 Å². The lowest BCUT2D eigenvalue weighted by atomic mass is 9.87. The van der Waals surface area contributed by atoms with Gasteiger partial charge in [-0.1, -0.05) is 12.5 Å². The Bertz CT molecular complexity index is 180. The zero-order valence-electron chi connectivity index (χ0n) is 6.44. The van der Waals surface area contributed by atoms with Gasteiger partial charge in [-0.2, -0.15) is 0 Å². The largest absolute Gasteiger partial charge is 0.466 e. The van der Waals surface area contributed by atoms with E-state index in [1.54, 1.807) is 0 Å². The van der Waals surface area contributed by atoms with E-state index in [-0.39, 0.29) is 5.97 Å². The first-order chi connectivity index (χ1) is 4.79. The first-order valence-corrected chi connectivity index (χ1v) is 3.58. The SMILES string of the molecule is CCC1=C(C(=O)OC)CC1. The minimum Gasteiger partial charge on any atom is -0.466 e. The summed E-state index contributed by atoms with van der Waals surface area (Å²) in [6.45, 7) is 2.07. The highest BCUT2D eigenvalue weighted by atomic mass is 16.5. The molecular formula is C8H12O2. The molecule has 1 aliphatic carbocycles. The second-order valence-electron chi connectivity index (χ2n) is 2.43. The highest BCUT2D eigenvalue weighted by molar-refractivity contribution is 5.90. The Hall–Kier alpha value is -0.790. The molecule has 0 heterocycles. The molecule has 0 bridgehead atoms. The monoisotopic (exact) mass is 140 g/mol. The van der Waals surface area contributed by atoms with Crippen LogP contribution in [0, 0.1) is 0 Å². The number of hydrogen-bond acceptors (Lipinski definition) is 2. The molecule has 0 unspecified atom stereocenters. The van der Waals surface area contributed by atoms with Crippen LogP contribution in [-0.2, 0) is 9.53 Å². The molecule has 0 N–H and O–H groups in total. The highest BCUT2D eigenvalue weighted by Crippen LogP contribution is 2.30. The topological polar surface area (TPSA) is 26.3 Å². The average Bonchev–Trinajstić information content (AvgIpc) is 1.86. The summed E-state index contributed by atoms with van der Waals surface area (Å²) in [5.41, 5.74) is 2.18. The molecule has 0 amide bonds. The summed E-state index contributed by atoms with van der Waals surface area (Å²) < 4.78 is 4.59. The van der Waals surface area contributed by atoms with Crippen molar-refractivity contribution in [1.29, 1.82) is 0 Å². The van der Waals surface area contributed by atoms with Gasteiger partial charge in [-0.15, -0.1) is 0 Å². The van der Waals surface area contributed by atoms with Crippen molar-refractivity contribution in [2.24, 2.45) is 0 Å². The normalized spacial score (nSPS) is 16.6. The van der Waals surface area contributed by atoms with E-state index in [9.17, 15) is 4.79 Å². The number of ether oxygens (including phenoxy) is 1. The maximum Gasteiger partial charge on any atom is 0.333 e. The van der Waals surface area contributed by atoms with Crippen LogP contribution in [0.5, 0.6) is 0 Å². The Labute approximate surface area is 60.9 Å². The van der Waals surface area contributed by atoms with E-state index >= 15 is 0 Å². The van der Waals surface area contributed by atoms with Gasteiger partial charge in [0.15, 0.2) is 0 Å². The van der Waals surface area contributed by atoms with Crippen LogP contribution < -0.4 is 0 Å². The van der Waals surface area contributed by atoms with Gasteiger partial charge in [-0.05, 0) is 19.3 Å². The molecule has 56 valence electrons. The smallest absolute Gasteiger partial charge is 0.333 e. The van der Waals surface area contributed by atoms with Crippen molar-refractivity contribution in [2.45, 2.75) is 26.2 Å². The van der Waals surface area contributed by atoms with Crippen molar-refractivity contribution in [3.05, 3.63) is 11.1 Å². The standard InChI is InChI=1S/C8H12O2/c1-3-6-4-5-7(6)8(9)10-2/h3-5H2,1-2H3. The van der Waals surface area contributed by atoms with Crippen molar-refractivity contribution in [2.75, 3.05) is 7.11 Å². The Balaban J connectivity index is 2.64. The van der Waals surface area contributed by atoms with Crippen molar-refractivity contribution < 1.29 is 9.53 Å². The minimum atomic E-state index is -0.136. The van der Waals surface area contributed by atoms with Crippen molar-refractivity contribution in [3.8, 4) is 0 Å². The average molecular weight is 140 g/mol. The molecule has 1 aliphatic rings. The summed E-state index contributed by atoms with van der Waals surface area (Å²) in [5.74, 6) is -0.136. The molecule has 0 atom stereocenters. The van der Waals surface area contributed by atoms with Crippen LogP contribution in [-0.4, -0.2) is 13.1 Å². The maximum absolute atomic E-state index is 10.9. The quantitative estimate of drug-likeness (QED) is 0.545. The van der Waals surface area contributed by atoms with Crippen LogP contribution in [0.2, 0.25) is 0 Å². The van der Waals surface area contributed by atoms with Crippen molar-refractivity contribution >= 4 is 5.97 Å². The van der Waals surface area contributed by atoms with E-state index < -0.39 is 0 Å². The summed E-state index contributed by atoms with van der Waals surface area (Å²) in [6, 6.07) is 0. The number of esters is 1. The molecule has 1 rings (SSSR count). The van der Waals surface area contributed by atoms with E-state index in [1.165, 1.54) is 12.7 Å². The maximum atomic E-state index is 10.9. The predicted molar refractivity (Wildman–Crippen MR) is 38.6 cm³/mol. The molecule has 0 aromatic rings. The molecule has 0 saturated heterocycles. The fourth-order valence-corrected chi connectivity index (χ4v) is 1.19. The number of hydrogen-bond donors (Lipinski definition) is 0. The van der Waals surface area contributed by atoms with Crippen molar-refractivity contribution in [3.63, 3.8) is 0 Å². The van der Waals surface area contributed by atoms with E-state index in [1.807, 2.05) is 0 Å². The third-order valence-electron chi connectivity index (χ3n) is 1.96. The number of carbonyl (C=O) groups excluding carboxylic acids is 1. The molecule has 10 heavy (non-hydrogen) atoms. The van der Waals surface area contributed by atoms with Gasteiger partial charge in [0.1, 0.15) is 0 Å². The van der Waals surface area contributed by atoms with Crippen molar-refractivity contribution in [1.82, 2.24) is 0 Å². The zero-order chi connectivity index (χ0) is 7.56. The summed E-state index contributed by atoms with van der Waals surface area (Å²) in [7, 11) is 1.43. The summed E-state index contributed by atoms with van der Waals surface area (Å²) in [5, 5.41) is 0. The number of carbonyl (C=O) groups is 1. The molecule has 0 fully saturated rings. The second-order valence-corrected chi connectivity index (χ2v) is 2.43. The van der Waals surface area contributed by atoms with Gasteiger partial charge in [-0.3, -0.25) is 0 Å². The highest BCUT2D eigenvalue weighted by Gasteiger charge is 2.22. The van der Waals surface area contributed by atoms with Gasteiger partial charge >= 0.3 is 5.97 Å². The molecule has 0 radical (unpaired) electrons. The van der Waals surface area contributed by atoms with Gasteiger partial charge < -0.3 is 4.74 Å². The summed E-state index contributed by atoms with van der Waals surface area (Å²) in [4.78, 5) is 10.9. The lowest BCUT2D eigenvalue weighted by Gasteiger charge is -2.20. The third-order valence-corrected chi connectivity index (χ3v) is 1.96. The van der Waals surface area contributed by atoms with E-state index in [0.717, 1.165) is 24.8 Å². The second kappa shape index (κ2) is 2.86. The van der Waals surface area contributed by atoms with Gasteiger partial charge in [0.25, 0.3) is 0 Å². The molecule has 0 spiro atoms. The van der Waals surface area contributed by atoms with Gasteiger partial charge in [0.05, 0.1) is 7.11 Å². The van der Waals surface area contributed by atoms with Crippen LogP contribution >= 0.6 is 0 Å². The predicted octanol–water partition coefficient (Wildman–Crippen LogP) is 1.66. The van der Waals surface area contributed by atoms with Crippen LogP contribution in [0.15, 0.2) is 11.1 Å². The van der Waals surface area contributed by atoms with Gasteiger partial charge in [0.2, 0.25) is 0 Å². The Morgan fingerprint density at radius 3 is 2.60 bits per heavy atom. The fraction of sp³-hybridized carbons (Fsp3) is 0.625. The molecule has 0 saturated carbocycles. The van der Waals surface area contributed by atoms with Crippen LogP contribution in [0.25, 0.3) is 0 Å². The molecule has 2 nitrogen and oxygen atoms in total. The number of allylic oxidation sites excluding steroid dienone is 1. The first kappa shape index (κ1) is 7.32. The van der Waals surface area contributed by atoms with E-state index in [0.29, 0.717) is 0 Å². The molecule has 0 aromatic carbocycles. The third kappa shape index (κ3) is 1.06. The molecule has 0 aromatic heterocycles. The molecular weight excluding hydrogens is 128 g/mol.